The van der Waals surface area contributed by atoms with Crippen LogP contribution in [0.15, 0.2) is 6.33 Å². The molecule has 100 valence electrons. The van der Waals surface area contributed by atoms with Gasteiger partial charge in [0.25, 0.3) is 0 Å². The Morgan fingerprint density at radius 2 is 2.17 bits per heavy atom. The zero-order valence-electron chi connectivity index (χ0n) is 11.5. The second kappa shape index (κ2) is 4.66. The predicted molar refractivity (Wildman–Crippen MR) is 66.6 cm³/mol. The van der Waals surface area contributed by atoms with Crippen molar-refractivity contribution in [1.29, 1.82) is 0 Å². The van der Waals surface area contributed by atoms with Crippen LogP contribution in [-0.2, 0) is 11.3 Å². The fourth-order valence-electron chi connectivity index (χ4n) is 2.80. The van der Waals surface area contributed by atoms with Crippen LogP contribution >= 0.6 is 0 Å². The van der Waals surface area contributed by atoms with Gasteiger partial charge in [-0.25, -0.2) is 4.68 Å². The lowest BCUT2D eigenvalue weighted by Gasteiger charge is -2.49. The fraction of sp³-hybridized carbons (Fsp3) is 0.833. The zero-order valence-corrected chi connectivity index (χ0v) is 11.5. The van der Waals surface area contributed by atoms with Gasteiger partial charge in [-0.15, -0.1) is 5.10 Å². The van der Waals surface area contributed by atoms with E-state index in [0.717, 1.165) is 12.8 Å². The first-order valence-electron chi connectivity index (χ1n) is 6.41. The third-order valence-electron chi connectivity index (χ3n) is 3.50. The van der Waals surface area contributed by atoms with Gasteiger partial charge in [-0.2, -0.15) is 0 Å². The average molecular weight is 251 g/mol. The number of amides is 1. The van der Waals surface area contributed by atoms with Gasteiger partial charge in [-0.1, -0.05) is 13.8 Å². The lowest BCUT2D eigenvalue weighted by Crippen LogP contribution is -2.54. The molecule has 1 fully saturated rings. The van der Waals surface area contributed by atoms with Crippen LogP contribution in [0.4, 0.5) is 0 Å². The van der Waals surface area contributed by atoms with E-state index in [1.165, 1.54) is 11.0 Å². The number of hydrogen-bond acceptors (Lipinski definition) is 4. The lowest BCUT2D eigenvalue weighted by molar-refractivity contribution is -0.141. The Hall–Kier alpha value is -1.46. The summed E-state index contributed by atoms with van der Waals surface area (Å²) in [5, 5.41) is 10.8. The SMILES string of the molecule is CC(C)N(C(=O)Cn1cnnn1)C1CC(C)(C)C1. The van der Waals surface area contributed by atoms with Crippen LogP contribution in [0.1, 0.15) is 40.5 Å². The van der Waals surface area contributed by atoms with E-state index in [0.29, 0.717) is 11.5 Å². The van der Waals surface area contributed by atoms with Crippen LogP contribution in [0.3, 0.4) is 0 Å². The highest BCUT2D eigenvalue weighted by Crippen LogP contribution is 2.43. The van der Waals surface area contributed by atoms with Gasteiger partial charge in [0.2, 0.25) is 5.91 Å². The number of carbonyl (C=O) groups is 1. The molecule has 18 heavy (non-hydrogen) atoms. The molecule has 0 unspecified atom stereocenters. The minimum Gasteiger partial charge on any atom is -0.336 e. The van der Waals surface area contributed by atoms with E-state index in [-0.39, 0.29) is 18.5 Å². The van der Waals surface area contributed by atoms with Gasteiger partial charge in [-0.05, 0) is 42.5 Å². The molecule has 0 bridgehead atoms. The van der Waals surface area contributed by atoms with Gasteiger partial charge < -0.3 is 4.90 Å². The molecule has 0 spiro atoms. The largest absolute Gasteiger partial charge is 0.336 e. The fourth-order valence-corrected chi connectivity index (χ4v) is 2.80. The van der Waals surface area contributed by atoms with E-state index >= 15 is 0 Å². The Balaban J connectivity index is 2.00. The molecule has 6 heteroatoms. The summed E-state index contributed by atoms with van der Waals surface area (Å²) in [6.45, 7) is 8.83. The van der Waals surface area contributed by atoms with E-state index in [1.807, 2.05) is 4.90 Å². The minimum absolute atomic E-state index is 0.0952. The Morgan fingerprint density at radius 3 is 2.61 bits per heavy atom. The van der Waals surface area contributed by atoms with Crippen molar-refractivity contribution in [2.45, 2.75) is 59.2 Å². The highest BCUT2D eigenvalue weighted by atomic mass is 16.2. The maximum Gasteiger partial charge on any atom is 0.244 e. The maximum absolute atomic E-state index is 12.3. The van der Waals surface area contributed by atoms with Crippen molar-refractivity contribution in [3.05, 3.63) is 6.33 Å². The summed E-state index contributed by atoms with van der Waals surface area (Å²) in [7, 11) is 0. The van der Waals surface area contributed by atoms with Gasteiger partial charge in [0.1, 0.15) is 12.9 Å². The molecular weight excluding hydrogens is 230 g/mol. The Labute approximate surface area is 107 Å². The summed E-state index contributed by atoms with van der Waals surface area (Å²) >= 11 is 0. The van der Waals surface area contributed by atoms with Gasteiger partial charge in [-0.3, -0.25) is 4.79 Å². The zero-order chi connectivity index (χ0) is 13.3. The third-order valence-corrected chi connectivity index (χ3v) is 3.50. The number of rotatable bonds is 4. The highest BCUT2D eigenvalue weighted by molar-refractivity contribution is 5.76. The normalized spacial score (nSPS) is 18.7. The molecule has 1 amide bonds. The Kier molecular flexibility index (Phi) is 3.36. The monoisotopic (exact) mass is 251 g/mol. The van der Waals surface area contributed by atoms with E-state index in [1.54, 1.807) is 0 Å². The molecule has 1 aliphatic rings. The summed E-state index contributed by atoms with van der Waals surface area (Å²) in [5.41, 5.74) is 0.368. The van der Waals surface area contributed by atoms with Crippen molar-refractivity contribution in [2.75, 3.05) is 0 Å². The van der Waals surface area contributed by atoms with Crippen LogP contribution in [0.25, 0.3) is 0 Å². The lowest BCUT2D eigenvalue weighted by atomic mass is 9.67. The standard InChI is InChI=1S/C12H21N5O/c1-9(2)17(10-5-12(3,4)6-10)11(18)7-16-8-13-14-15-16/h8-10H,5-7H2,1-4H3. The molecule has 0 atom stereocenters. The summed E-state index contributed by atoms with van der Waals surface area (Å²) in [6.07, 6.45) is 3.63. The van der Waals surface area contributed by atoms with Crippen molar-refractivity contribution in [3.8, 4) is 0 Å². The van der Waals surface area contributed by atoms with Crippen LogP contribution < -0.4 is 0 Å². The van der Waals surface area contributed by atoms with Crippen molar-refractivity contribution >= 4 is 5.91 Å². The van der Waals surface area contributed by atoms with Crippen molar-refractivity contribution in [2.24, 2.45) is 5.41 Å². The Bertz CT molecular complexity index is 404. The van der Waals surface area contributed by atoms with Crippen molar-refractivity contribution in [3.63, 3.8) is 0 Å². The van der Waals surface area contributed by atoms with Crippen molar-refractivity contribution < 1.29 is 4.79 Å². The highest BCUT2D eigenvalue weighted by Gasteiger charge is 2.41. The van der Waals surface area contributed by atoms with Crippen LogP contribution in [0.2, 0.25) is 0 Å². The first kappa shape index (κ1) is 13.0. The molecule has 0 radical (unpaired) electrons. The van der Waals surface area contributed by atoms with Gasteiger partial charge >= 0.3 is 0 Å². The molecule has 0 saturated heterocycles. The number of aromatic nitrogens is 4. The molecule has 1 heterocycles. The summed E-state index contributed by atoms with van der Waals surface area (Å²) in [5.74, 6) is 0.0952. The second-order valence-corrected chi connectivity index (χ2v) is 6.13. The van der Waals surface area contributed by atoms with Crippen molar-refractivity contribution in [1.82, 2.24) is 25.1 Å². The topological polar surface area (TPSA) is 63.9 Å². The van der Waals surface area contributed by atoms with E-state index in [2.05, 4.69) is 43.2 Å². The summed E-state index contributed by atoms with van der Waals surface area (Å²) < 4.78 is 1.47. The molecule has 1 aromatic rings. The van der Waals surface area contributed by atoms with Gasteiger partial charge in [0, 0.05) is 12.1 Å². The number of carbonyl (C=O) groups excluding carboxylic acids is 1. The van der Waals surface area contributed by atoms with Crippen LogP contribution in [0.5, 0.6) is 0 Å². The van der Waals surface area contributed by atoms with Crippen LogP contribution in [0, 0.1) is 5.41 Å². The molecule has 1 aliphatic carbocycles. The van der Waals surface area contributed by atoms with Crippen LogP contribution in [-0.4, -0.2) is 43.1 Å². The maximum atomic E-state index is 12.3. The number of tetrazole rings is 1. The molecule has 1 saturated carbocycles. The predicted octanol–water partition coefficient (Wildman–Crippen LogP) is 1.10. The molecule has 0 aliphatic heterocycles. The van der Waals surface area contributed by atoms with E-state index in [4.69, 9.17) is 0 Å². The second-order valence-electron chi connectivity index (χ2n) is 6.13. The third kappa shape index (κ3) is 2.68. The molecule has 0 aromatic carbocycles. The minimum atomic E-state index is 0.0952. The molecule has 1 aromatic heterocycles. The molecule has 2 rings (SSSR count). The van der Waals surface area contributed by atoms with E-state index < -0.39 is 0 Å². The van der Waals surface area contributed by atoms with E-state index in [9.17, 15) is 4.79 Å². The molecule has 6 nitrogen and oxygen atoms in total. The number of nitrogens with zero attached hydrogens (tertiary/aromatic N) is 5. The number of hydrogen-bond donors (Lipinski definition) is 0. The summed E-state index contributed by atoms with van der Waals surface area (Å²) in [6, 6.07) is 0.582. The first-order valence-corrected chi connectivity index (χ1v) is 6.41. The molecular formula is C12H21N5O. The average Bonchev–Trinajstić information content (AvgIpc) is 2.66. The quantitative estimate of drug-likeness (QED) is 0.803. The van der Waals surface area contributed by atoms with Gasteiger partial charge in [0.05, 0.1) is 0 Å². The molecule has 0 N–H and O–H groups in total. The van der Waals surface area contributed by atoms with Gasteiger partial charge in [0.15, 0.2) is 0 Å². The Morgan fingerprint density at radius 1 is 1.50 bits per heavy atom. The summed E-state index contributed by atoms with van der Waals surface area (Å²) in [4.78, 5) is 14.3. The smallest absolute Gasteiger partial charge is 0.244 e. The first-order chi connectivity index (χ1) is 8.39.